The Morgan fingerprint density at radius 2 is 1.89 bits per heavy atom. The highest BCUT2D eigenvalue weighted by Gasteiger charge is 2.17. The number of para-hydroxylation sites is 1. The van der Waals surface area contributed by atoms with Crippen LogP contribution in [0, 0.1) is 0 Å². The van der Waals surface area contributed by atoms with Crippen LogP contribution in [0.25, 0.3) is 22.3 Å². The Balaban J connectivity index is 1.65. The maximum absolute atomic E-state index is 6.28. The molecule has 7 heteroatoms. The van der Waals surface area contributed by atoms with E-state index in [-0.39, 0.29) is 0 Å². The number of fused-ring (bicyclic) bond motifs is 1. The van der Waals surface area contributed by atoms with E-state index in [9.17, 15) is 0 Å². The van der Waals surface area contributed by atoms with E-state index in [2.05, 4.69) is 52.2 Å². The van der Waals surface area contributed by atoms with Crippen molar-refractivity contribution in [2.45, 2.75) is 24.4 Å². The number of hydrogen-bond acceptors (Lipinski definition) is 3. The van der Waals surface area contributed by atoms with Gasteiger partial charge in [0.2, 0.25) is 0 Å². The summed E-state index contributed by atoms with van der Waals surface area (Å²) < 4.78 is 4.27. The molecular weight excluding hydrogens is 399 g/mol. The van der Waals surface area contributed by atoms with Gasteiger partial charge < -0.3 is 9.13 Å². The van der Waals surface area contributed by atoms with E-state index in [4.69, 9.17) is 23.2 Å². The molecule has 0 unspecified atom stereocenters. The summed E-state index contributed by atoms with van der Waals surface area (Å²) in [6.45, 7) is 3.05. The molecule has 0 spiro atoms. The van der Waals surface area contributed by atoms with E-state index >= 15 is 0 Å². The van der Waals surface area contributed by atoms with Gasteiger partial charge in [0.25, 0.3) is 0 Å². The van der Waals surface area contributed by atoms with Gasteiger partial charge in [0.1, 0.15) is 0 Å². The first kappa shape index (κ1) is 18.4. The molecule has 0 fully saturated rings. The van der Waals surface area contributed by atoms with Crippen molar-refractivity contribution in [3.8, 4) is 11.4 Å². The molecule has 4 nitrogen and oxygen atoms in total. The monoisotopic (exact) mass is 416 g/mol. The van der Waals surface area contributed by atoms with Crippen LogP contribution in [-0.2, 0) is 19.3 Å². The number of nitrogens with zero attached hydrogens (tertiary/aromatic N) is 4. The van der Waals surface area contributed by atoms with Gasteiger partial charge in [0, 0.05) is 52.1 Å². The van der Waals surface area contributed by atoms with Gasteiger partial charge in [-0.15, -0.1) is 10.2 Å². The lowest BCUT2D eigenvalue weighted by atomic mass is 10.1. The van der Waals surface area contributed by atoms with Gasteiger partial charge >= 0.3 is 0 Å². The number of benzene rings is 2. The largest absolute Gasteiger partial charge is 0.347 e. The van der Waals surface area contributed by atoms with Crippen LogP contribution in [0.15, 0.2) is 53.8 Å². The molecule has 0 radical (unpaired) electrons. The van der Waals surface area contributed by atoms with Crippen molar-refractivity contribution < 1.29 is 0 Å². The molecule has 0 saturated carbocycles. The highest BCUT2D eigenvalue weighted by Crippen LogP contribution is 2.32. The zero-order valence-electron chi connectivity index (χ0n) is 15.0. The summed E-state index contributed by atoms with van der Waals surface area (Å²) >= 11 is 13.9. The summed E-state index contributed by atoms with van der Waals surface area (Å²) in [5, 5.41) is 12.2. The quantitative estimate of drug-likeness (QED) is 0.371. The van der Waals surface area contributed by atoms with E-state index in [0.717, 1.165) is 28.7 Å². The zero-order valence-corrected chi connectivity index (χ0v) is 17.3. The third kappa shape index (κ3) is 3.47. The molecule has 138 valence electrons. The zero-order chi connectivity index (χ0) is 19.0. The van der Waals surface area contributed by atoms with Crippen molar-refractivity contribution in [3.05, 3.63) is 64.3 Å². The second-order valence-corrected chi connectivity index (χ2v) is 8.02. The van der Waals surface area contributed by atoms with Crippen LogP contribution in [0.5, 0.6) is 0 Å². The van der Waals surface area contributed by atoms with Gasteiger partial charge in [0.15, 0.2) is 11.0 Å². The van der Waals surface area contributed by atoms with Gasteiger partial charge in [-0.2, -0.15) is 0 Å². The minimum absolute atomic E-state index is 0.641. The molecule has 0 aliphatic carbocycles. The van der Waals surface area contributed by atoms with Crippen LogP contribution in [0.1, 0.15) is 12.5 Å². The molecule has 0 amide bonds. The van der Waals surface area contributed by atoms with Gasteiger partial charge in [-0.25, -0.2) is 0 Å². The fourth-order valence-electron chi connectivity index (χ4n) is 3.14. The van der Waals surface area contributed by atoms with Crippen molar-refractivity contribution in [2.75, 3.05) is 0 Å². The molecule has 0 bridgehead atoms. The Morgan fingerprint density at radius 3 is 2.67 bits per heavy atom. The predicted molar refractivity (Wildman–Crippen MR) is 114 cm³/mol. The molecule has 0 N–H and O–H groups in total. The van der Waals surface area contributed by atoms with Crippen molar-refractivity contribution in [1.29, 1.82) is 0 Å². The summed E-state index contributed by atoms with van der Waals surface area (Å²) in [7, 11) is 2.00. The average molecular weight is 417 g/mol. The van der Waals surface area contributed by atoms with Crippen LogP contribution >= 0.6 is 35.0 Å². The van der Waals surface area contributed by atoms with Crippen molar-refractivity contribution in [2.24, 2.45) is 7.05 Å². The SMILES string of the molecule is CCn1cc(-c2nnc(SCc3ccc(Cl)cc3Cl)n2C)c2ccccc21. The number of aryl methyl sites for hydroxylation is 1. The lowest BCUT2D eigenvalue weighted by Crippen LogP contribution is -1.95. The number of halogens is 2. The van der Waals surface area contributed by atoms with E-state index < -0.39 is 0 Å². The Hall–Kier alpha value is -1.95. The Morgan fingerprint density at radius 1 is 1.07 bits per heavy atom. The van der Waals surface area contributed by atoms with Crippen molar-refractivity contribution in [1.82, 2.24) is 19.3 Å². The number of aromatic nitrogens is 4. The molecule has 2 heterocycles. The van der Waals surface area contributed by atoms with Gasteiger partial charge in [-0.1, -0.05) is 59.2 Å². The van der Waals surface area contributed by atoms with Crippen LogP contribution in [-0.4, -0.2) is 19.3 Å². The second kappa shape index (κ2) is 7.58. The summed E-state index contributed by atoms with van der Waals surface area (Å²) in [5.74, 6) is 1.57. The maximum atomic E-state index is 6.28. The fourth-order valence-corrected chi connectivity index (χ4v) is 4.61. The van der Waals surface area contributed by atoms with E-state index in [0.29, 0.717) is 15.8 Å². The third-order valence-corrected chi connectivity index (χ3v) is 6.23. The van der Waals surface area contributed by atoms with Crippen LogP contribution < -0.4 is 0 Å². The van der Waals surface area contributed by atoms with Crippen LogP contribution in [0.4, 0.5) is 0 Å². The highest BCUT2D eigenvalue weighted by atomic mass is 35.5. The summed E-state index contributed by atoms with van der Waals surface area (Å²) in [6, 6.07) is 13.9. The molecule has 2 aromatic heterocycles. The molecule has 2 aromatic carbocycles. The lowest BCUT2D eigenvalue weighted by molar-refractivity contribution is 0.787. The highest BCUT2D eigenvalue weighted by molar-refractivity contribution is 7.98. The summed E-state index contributed by atoms with van der Waals surface area (Å²) in [4.78, 5) is 0. The number of hydrogen-bond donors (Lipinski definition) is 0. The first-order valence-corrected chi connectivity index (χ1v) is 10.4. The first-order chi connectivity index (χ1) is 13.1. The second-order valence-electron chi connectivity index (χ2n) is 6.24. The molecule has 4 aromatic rings. The summed E-state index contributed by atoms with van der Waals surface area (Å²) in [5.41, 5.74) is 3.33. The minimum Gasteiger partial charge on any atom is -0.347 e. The van der Waals surface area contributed by atoms with E-state index in [1.54, 1.807) is 17.8 Å². The molecule has 0 saturated heterocycles. The van der Waals surface area contributed by atoms with Gasteiger partial charge in [0.05, 0.1) is 0 Å². The number of thioether (sulfide) groups is 1. The Kier molecular flexibility index (Phi) is 5.17. The van der Waals surface area contributed by atoms with Crippen molar-refractivity contribution >= 4 is 45.9 Å². The van der Waals surface area contributed by atoms with Crippen LogP contribution in [0.2, 0.25) is 10.0 Å². The topological polar surface area (TPSA) is 35.6 Å². The number of rotatable bonds is 5. The van der Waals surface area contributed by atoms with E-state index in [1.165, 1.54) is 10.9 Å². The normalized spacial score (nSPS) is 11.4. The Labute approximate surface area is 172 Å². The molecule has 4 rings (SSSR count). The summed E-state index contributed by atoms with van der Waals surface area (Å²) in [6.07, 6.45) is 2.15. The van der Waals surface area contributed by atoms with Gasteiger partial charge in [-0.05, 0) is 30.7 Å². The lowest BCUT2D eigenvalue weighted by Gasteiger charge is -2.05. The smallest absolute Gasteiger partial charge is 0.191 e. The molecule has 0 atom stereocenters. The van der Waals surface area contributed by atoms with Crippen molar-refractivity contribution in [3.63, 3.8) is 0 Å². The minimum atomic E-state index is 0.641. The maximum Gasteiger partial charge on any atom is 0.191 e. The van der Waals surface area contributed by atoms with Crippen LogP contribution in [0.3, 0.4) is 0 Å². The fraction of sp³-hybridized carbons (Fsp3) is 0.200. The molecular formula is C20H18Cl2N4S. The van der Waals surface area contributed by atoms with Gasteiger partial charge in [-0.3, -0.25) is 0 Å². The first-order valence-electron chi connectivity index (χ1n) is 8.63. The third-order valence-electron chi connectivity index (χ3n) is 4.58. The molecule has 0 aliphatic heterocycles. The average Bonchev–Trinajstić information content (AvgIpc) is 3.21. The predicted octanol–water partition coefficient (Wildman–Crippen LogP) is 6.06. The standard InChI is InChI=1S/C20H18Cl2N4S/c1-3-26-11-16(15-6-4-5-7-18(15)26)19-23-24-20(25(19)2)27-12-13-8-9-14(21)10-17(13)22/h4-11H,3,12H2,1-2H3. The molecule has 27 heavy (non-hydrogen) atoms. The molecule has 0 aliphatic rings. The Bertz CT molecular complexity index is 1120. The van der Waals surface area contributed by atoms with E-state index in [1.807, 2.05) is 23.7 Å².